The SMILES string of the molecule is Cc1cc(C(=O)N2CCC(Nc3ncc(Cl)c(-c4cn(S(=O)(=O)c5ccccc5)c5ccccc45)n3)CC2)ccc1N.Cc1cc(C(=O)N2CCC(Nc3ncc(Cl)c(-c4cn(S(=O)(=O)c5ccccc5)c5ccccc45)n3)CC2)ccc1[N+](=O)[O-]. The van der Waals surface area contributed by atoms with Gasteiger partial charge in [0.15, 0.2) is 0 Å². The highest BCUT2D eigenvalue weighted by atomic mass is 35.5. The van der Waals surface area contributed by atoms with Crippen molar-refractivity contribution in [1.29, 1.82) is 0 Å². The van der Waals surface area contributed by atoms with Gasteiger partial charge < -0.3 is 26.2 Å². The quantitative estimate of drug-likeness (QED) is 0.0550. The summed E-state index contributed by atoms with van der Waals surface area (Å²) in [6.07, 6.45) is 8.81. The number of amides is 2. The molecule has 0 radical (unpaired) electrons. The Bertz CT molecular complexity index is 4480. The third-order valence-corrected chi connectivity index (χ3v) is 19.3. The van der Waals surface area contributed by atoms with E-state index in [0.29, 0.717) is 123 Å². The molecule has 2 aliphatic rings. The molecule has 4 aromatic heterocycles. The van der Waals surface area contributed by atoms with E-state index >= 15 is 0 Å². The molecule has 12 rings (SSSR count). The molecule has 0 spiro atoms. The van der Waals surface area contributed by atoms with Crippen LogP contribution >= 0.6 is 23.2 Å². The van der Waals surface area contributed by atoms with E-state index in [1.807, 2.05) is 42.2 Å². The van der Waals surface area contributed by atoms with E-state index in [0.717, 1.165) is 18.4 Å². The third-order valence-electron chi connectivity index (χ3n) is 15.3. The standard InChI is InChI=1S/C31H27ClN6O5S.C31H29ClN6O3S/c1-20-17-21(11-12-27(20)38(40)41)30(39)36-15-13-22(14-16-36)34-31-33-18-26(32)29(35-31)25-19-37(28-10-6-5-9-24(25)28)44(42,43)23-7-3-2-4-8-23;1-20-17-21(11-12-27(20)33)30(39)37-15-13-22(14-16-37)35-31-34-18-26(32)29(36-31)25-19-38(28-10-6-5-9-24(25)28)42(40,41)23-7-3-2-4-8-23/h2-12,17-19,22H,13-16H2,1H3,(H,33,34,35);2-12,17-19,22H,13-16,33H2,1H3,(H,34,35,36). The first-order valence-electron chi connectivity index (χ1n) is 27.5. The van der Waals surface area contributed by atoms with Crippen LogP contribution in [0.25, 0.3) is 44.3 Å². The average Bonchev–Trinajstić information content (AvgIpc) is 1.91. The lowest BCUT2D eigenvalue weighted by Crippen LogP contribution is -2.42. The molecule has 0 aliphatic carbocycles. The summed E-state index contributed by atoms with van der Waals surface area (Å²) in [6, 6.07) is 40.7. The number of nitro benzene ring substituents is 1. The highest BCUT2D eigenvalue weighted by molar-refractivity contribution is 7.90. The number of nitrogens with zero attached hydrogens (tertiary/aromatic N) is 9. The number of carbonyl (C=O) groups is 2. The van der Waals surface area contributed by atoms with Crippen molar-refractivity contribution in [3.8, 4) is 22.5 Å². The van der Waals surface area contributed by atoms with Crippen molar-refractivity contribution in [3.05, 3.63) is 213 Å². The predicted molar refractivity (Wildman–Crippen MR) is 333 cm³/mol. The molecule has 2 amide bonds. The van der Waals surface area contributed by atoms with Crippen LogP contribution in [0.2, 0.25) is 10.0 Å². The maximum Gasteiger partial charge on any atom is 0.272 e. The van der Waals surface area contributed by atoms with Gasteiger partial charge in [-0.2, -0.15) is 0 Å². The van der Waals surface area contributed by atoms with Crippen molar-refractivity contribution >= 4 is 100 Å². The molecule has 0 unspecified atom stereocenters. The molecule has 6 aromatic carbocycles. The number of hydrogen-bond acceptors (Lipinski definition) is 15. The van der Waals surface area contributed by atoms with Crippen LogP contribution in [0.4, 0.5) is 23.3 Å². The van der Waals surface area contributed by atoms with Crippen molar-refractivity contribution in [2.24, 2.45) is 0 Å². The Kier molecular flexibility index (Phi) is 16.6. The van der Waals surface area contributed by atoms with Crippen LogP contribution < -0.4 is 16.4 Å². The van der Waals surface area contributed by atoms with Gasteiger partial charge in [-0.1, -0.05) is 96.0 Å². The Hall–Kier alpha value is -9.22. The van der Waals surface area contributed by atoms with E-state index < -0.39 is 25.0 Å². The van der Waals surface area contributed by atoms with E-state index in [9.17, 15) is 36.5 Å². The monoisotopic (exact) mass is 1230 g/mol. The number of nitro groups is 1. The van der Waals surface area contributed by atoms with Gasteiger partial charge in [0.25, 0.3) is 37.5 Å². The second-order valence-corrected chi connectivity index (χ2v) is 25.3. The summed E-state index contributed by atoms with van der Waals surface area (Å²) in [7, 11) is -7.75. The number of anilines is 3. The second-order valence-electron chi connectivity index (χ2n) is 20.9. The fourth-order valence-electron chi connectivity index (χ4n) is 10.7. The van der Waals surface area contributed by atoms with Crippen molar-refractivity contribution in [2.75, 3.05) is 42.5 Å². The molecule has 2 saturated heterocycles. The Morgan fingerprint density at radius 3 is 1.37 bits per heavy atom. The minimum Gasteiger partial charge on any atom is -0.399 e. The summed E-state index contributed by atoms with van der Waals surface area (Å²) in [6.45, 7) is 5.65. The minimum atomic E-state index is -3.89. The number of halogens is 2. The maximum atomic E-state index is 13.6. The van der Waals surface area contributed by atoms with Crippen LogP contribution in [-0.4, -0.2) is 110 Å². The number of carbonyl (C=O) groups excluding carboxylic acids is 2. The smallest absolute Gasteiger partial charge is 0.272 e. The lowest BCUT2D eigenvalue weighted by atomic mass is 10.0. The molecule has 0 saturated carbocycles. The first-order valence-corrected chi connectivity index (χ1v) is 31.1. The molecule has 86 heavy (non-hydrogen) atoms. The summed E-state index contributed by atoms with van der Waals surface area (Å²) >= 11 is 13.2. The van der Waals surface area contributed by atoms with Crippen LogP contribution in [0, 0.1) is 24.0 Å². The van der Waals surface area contributed by atoms with Crippen molar-refractivity contribution in [3.63, 3.8) is 0 Å². The van der Waals surface area contributed by atoms with E-state index in [4.69, 9.17) is 38.9 Å². The van der Waals surface area contributed by atoms with Crippen molar-refractivity contribution < 1.29 is 31.3 Å². The number of hydrogen-bond donors (Lipinski definition) is 3. The normalized spacial score (nSPS) is 14.2. The number of aromatic nitrogens is 6. The zero-order chi connectivity index (χ0) is 60.4. The predicted octanol–water partition coefficient (Wildman–Crippen LogP) is 11.5. The molecule has 4 N–H and O–H groups in total. The molecule has 0 bridgehead atoms. The van der Waals surface area contributed by atoms with Gasteiger partial charge in [-0.05, 0) is 112 Å². The fourth-order valence-corrected chi connectivity index (χ4v) is 13.9. The highest BCUT2D eigenvalue weighted by Crippen LogP contribution is 2.38. The van der Waals surface area contributed by atoms with Gasteiger partial charge in [0.1, 0.15) is 0 Å². The zero-order valence-electron chi connectivity index (χ0n) is 46.4. The van der Waals surface area contributed by atoms with Crippen LogP contribution in [0.15, 0.2) is 180 Å². The summed E-state index contributed by atoms with van der Waals surface area (Å²) in [5.74, 6) is 0.538. The lowest BCUT2D eigenvalue weighted by Gasteiger charge is -2.32. The highest BCUT2D eigenvalue weighted by Gasteiger charge is 2.30. The fraction of sp³-hybridized carbons (Fsp3) is 0.194. The molecule has 20 nitrogen and oxygen atoms in total. The third kappa shape index (κ3) is 11.9. The van der Waals surface area contributed by atoms with Gasteiger partial charge in [0.2, 0.25) is 11.9 Å². The van der Waals surface area contributed by atoms with Gasteiger partial charge in [-0.3, -0.25) is 19.7 Å². The summed E-state index contributed by atoms with van der Waals surface area (Å²) in [5.41, 5.74) is 11.9. The maximum absolute atomic E-state index is 13.6. The van der Waals surface area contributed by atoms with Gasteiger partial charge >= 0.3 is 0 Å². The lowest BCUT2D eigenvalue weighted by molar-refractivity contribution is -0.385. The summed E-state index contributed by atoms with van der Waals surface area (Å²) < 4.78 is 56.7. The summed E-state index contributed by atoms with van der Waals surface area (Å²) in [5, 5.41) is 19.8. The van der Waals surface area contributed by atoms with Crippen molar-refractivity contribution in [1.82, 2.24) is 37.7 Å². The number of para-hydroxylation sites is 2. The van der Waals surface area contributed by atoms with E-state index in [1.165, 1.54) is 38.7 Å². The average molecular weight is 1230 g/mol. The number of piperidine rings is 2. The van der Waals surface area contributed by atoms with Crippen LogP contribution in [0.3, 0.4) is 0 Å². The zero-order valence-corrected chi connectivity index (χ0v) is 49.6. The first-order chi connectivity index (χ1) is 41.3. The topological polar surface area (TPSA) is 264 Å². The Labute approximate surface area is 505 Å². The van der Waals surface area contributed by atoms with E-state index in [-0.39, 0.29) is 44.4 Å². The number of benzene rings is 6. The van der Waals surface area contributed by atoms with Gasteiger partial charge in [0, 0.05) is 101 Å². The molecule has 10 aromatic rings. The number of rotatable bonds is 13. The molecule has 2 aliphatic heterocycles. The van der Waals surface area contributed by atoms with Crippen LogP contribution in [0.5, 0.6) is 0 Å². The number of nitrogens with two attached hydrogens (primary N) is 1. The summed E-state index contributed by atoms with van der Waals surface area (Å²) in [4.78, 5) is 58.8. The molecule has 24 heteroatoms. The van der Waals surface area contributed by atoms with Gasteiger partial charge in [-0.25, -0.2) is 44.7 Å². The van der Waals surface area contributed by atoms with E-state index in [1.54, 1.807) is 121 Å². The molecule has 0 atom stereocenters. The Morgan fingerprint density at radius 1 is 0.570 bits per heavy atom. The number of nitrogens with one attached hydrogen (secondary N) is 2. The van der Waals surface area contributed by atoms with E-state index in [2.05, 4.69) is 20.6 Å². The van der Waals surface area contributed by atoms with Crippen LogP contribution in [0.1, 0.15) is 57.5 Å². The number of aryl methyl sites for hydroxylation is 2. The molecule has 2 fully saturated rings. The largest absolute Gasteiger partial charge is 0.399 e. The number of likely N-dealkylation sites (tertiary alicyclic amines) is 2. The molecular formula is C62H56Cl2N12O8S2. The molecular weight excluding hydrogens is 1180 g/mol. The molecule has 438 valence electrons. The first kappa shape index (κ1) is 58.5. The number of nitrogen functional groups attached to an aromatic ring is 1. The van der Waals surface area contributed by atoms with Crippen molar-refractivity contribution in [2.45, 2.75) is 61.4 Å². The van der Waals surface area contributed by atoms with Gasteiger partial charge in [0.05, 0.1) is 59.6 Å². The minimum absolute atomic E-state index is 0.0107. The number of fused-ring (bicyclic) bond motifs is 2. The Balaban J connectivity index is 0.000000179. The molecule has 6 heterocycles. The van der Waals surface area contributed by atoms with Gasteiger partial charge in [-0.15, -0.1) is 0 Å². The van der Waals surface area contributed by atoms with Crippen LogP contribution in [-0.2, 0) is 20.0 Å². The second kappa shape index (κ2) is 24.4. The Morgan fingerprint density at radius 2 is 0.965 bits per heavy atom.